The van der Waals surface area contributed by atoms with Crippen molar-refractivity contribution < 1.29 is 18.6 Å². The molecule has 124 valence electrons. The van der Waals surface area contributed by atoms with E-state index < -0.39 is 12.1 Å². The Bertz CT molecular complexity index is 799. The molecule has 0 bridgehead atoms. The normalized spacial score (nSPS) is 20.8. The predicted octanol–water partition coefficient (Wildman–Crippen LogP) is 0.0520. The third kappa shape index (κ3) is 2.53. The Morgan fingerprint density at radius 2 is 1.92 bits per heavy atom. The molecule has 0 spiro atoms. The average Bonchev–Trinajstić information content (AvgIpc) is 2.90. The fourth-order valence-corrected chi connectivity index (χ4v) is 2.50. The molecule has 24 heavy (non-hydrogen) atoms. The lowest BCUT2D eigenvalue weighted by atomic mass is 10.2. The number of urea groups is 1. The summed E-state index contributed by atoms with van der Waals surface area (Å²) in [5, 5.41) is 4.04. The molecule has 1 unspecified atom stereocenters. The van der Waals surface area contributed by atoms with Crippen molar-refractivity contribution in [2.24, 2.45) is 10.1 Å². The summed E-state index contributed by atoms with van der Waals surface area (Å²) < 4.78 is 14.5. The smallest absolute Gasteiger partial charge is 0.270 e. The van der Waals surface area contributed by atoms with Crippen LogP contribution in [0.2, 0.25) is 0 Å². The number of fused-ring (bicyclic) bond motifs is 1. The summed E-state index contributed by atoms with van der Waals surface area (Å²) in [5.41, 5.74) is 3.45. The van der Waals surface area contributed by atoms with Crippen LogP contribution >= 0.6 is 0 Å². The fraction of sp³-hybridized carbons (Fsp3) is 0.267. The van der Waals surface area contributed by atoms with Gasteiger partial charge < -0.3 is 0 Å². The number of carbonyl (C=O) groups excluding carboxylic acids is 2. The second-order valence-corrected chi connectivity index (χ2v) is 5.47. The molecule has 0 aliphatic carbocycles. The number of rotatable bonds is 2. The van der Waals surface area contributed by atoms with Crippen LogP contribution < -0.4 is 5.43 Å². The highest BCUT2D eigenvalue weighted by atomic mass is 19.1. The van der Waals surface area contributed by atoms with Crippen LogP contribution in [-0.2, 0) is 4.79 Å². The number of hydrogen-bond acceptors (Lipinski definition) is 5. The molecule has 0 saturated carbocycles. The third-order valence-corrected chi connectivity index (χ3v) is 3.92. The molecule has 3 rings (SSSR count). The summed E-state index contributed by atoms with van der Waals surface area (Å²) in [7, 11) is 4.69. The number of aliphatic imine (C=N–C) groups is 1. The van der Waals surface area contributed by atoms with Crippen molar-refractivity contribution in [1.29, 1.82) is 0 Å². The summed E-state index contributed by atoms with van der Waals surface area (Å²) >= 11 is 0. The van der Waals surface area contributed by atoms with Gasteiger partial charge in [0.15, 0.2) is 0 Å². The number of benzene rings is 1. The van der Waals surface area contributed by atoms with Crippen LogP contribution in [0.3, 0.4) is 0 Å². The van der Waals surface area contributed by atoms with Gasteiger partial charge >= 0.3 is 12.0 Å². The van der Waals surface area contributed by atoms with E-state index in [1.807, 2.05) is 0 Å². The number of carbonyl (C=O) groups is 2. The lowest BCUT2D eigenvalue weighted by molar-refractivity contribution is -0.507. The first-order valence-corrected chi connectivity index (χ1v) is 7.18. The quantitative estimate of drug-likeness (QED) is 0.472. The van der Waals surface area contributed by atoms with Gasteiger partial charge in [-0.2, -0.15) is 5.43 Å². The van der Waals surface area contributed by atoms with Gasteiger partial charge in [-0.25, -0.2) is 13.8 Å². The number of amidine groups is 1. The molecule has 1 N–H and O–H groups in total. The van der Waals surface area contributed by atoms with Gasteiger partial charge in [-0.15, -0.1) is 5.10 Å². The molecule has 0 radical (unpaired) electrons. The van der Waals surface area contributed by atoms with Crippen LogP contribution in [0.4, 0.5) is 9.18 Å². The van der Waals surface area contributed by atoms with Crippen molar-refractivity contribution in [3.63, 3.8) is 0 Å². The minimum Gasteiger partial charge on any atom is -0.270 e. The van der Waals surface area contributed by atoms with Crippen LogP contribution in [0.1, 0.15) is 5.56 Å². The monoisotopic (exact) mass is 331 g/mol. The second-order valence-electron chi connectivity index (χ2n) is 5.47. The molecule has 1 atom stereocenters. The summed E-state index contributed by atoms with van der Waals surface area (Å²) in [6.45, 7) is 0. The zero-order chi connectivity index (χ0) is 17.4. The molecule has 1 fully saturated rings. The molecule has 2 heterocycles. The Balaban J connectivity index is 1.80. The fourth-order valence-electron chi connectivity index (χ4n) is 2.50. The number of nitrogens with zero attached hydrogens (tertiary/aromatic N) is 5. The maximum Gasteiger partial charge on any atom is 0.413 e. The number of nitrogens with one attached hydrogen (secondary N) is 1. The Morgan fingerprint density at radius 1 is 1.25 bits per heavy atom. The van der Waals surface area contributed by atoms with E-state index >= 15 is 0 Å². The zero-order valence-electron chi connectivity index (χ0n) is 13.4. The number of likely N-dealkylation sites (N-methyl/N-ethyl adjacent to an activating group) is 3. The number of imide groups is 1. The van der Waals surface area contributed by atoms with E-state index in [-0.39, 0.29) is 11.7 Å². The van der Waals surface area contributed by atoms with Crippen molar-refractivity contribution >= 4 is 29.9 Å². The Morgan fingerprint density at radius 3 is 2.58 bits per heavy atom. The number of halogens is 1. The lowest BCUT2D eigenvalue weighted by Gasteiger charge is -2.31. The zero-order valence-corrected chi connectivity index (χ0v) is 13.4. The molecule has 9 heteroatoms. The topological polar surface area (TPSA) is 80.4 Å². The van der Waals surface area contributed by atoms with Crippen LogP contribution in [0.25, 0.3) is 0 Å². The van der Waals surface area contributed by atoms with E-state index in [4.69, 9.17) is 0 Å². The van der Waals surface area contributed by atoms with Crippen LogP contribution in [0.15, 0.2) is 34.4 Å². The van der Waals surface area contributed by atoms with Gasteiger partial charge in [0, 0.05) is 14.1 Å². The summed E-state index contributed by atoms with van der Waals surface area (Å²) in [5.74, 6) is 0.0243. The SMILES string of the molecule is CN1C(=O)C2C(=NC(N/N=C/c3ccc(F)cc3)=[N+]2C)N(C)C1=O. The van der Waals surface area contributed by atoms with E-state index in [9.17, 15) is 14.0 Å². The van der Waals surface area contributed by atoms with Gasteiger partial charge in [0.05, 0.1) is 13.3 Å². The highest BCUT2D eigenvalue weighted by Crippen LogP contribution is 2.17. The van der Waals surface area contributed by atoms with Crippen LogP contribution in [-0.4, -0.2) is 71.5 Å². The molecule has 2 aliphatic rings. The molecule has 1 aromatic carbocycles. The molecule has 2 aliphatic heterocycles. The van der Waals surface area contributed by atoms with Crippen LogP contribution in [0.5, 0.6) is 0 Å². The largest absolute Gasteiger partial charge is 0.413 e. The van der Waals surface area contributed by atoms with Crippen LogP contribution in [0, 0.1) is 5.82 Å². The van der Waals surface area contributed by atoms with E-state index in [1.54, 1.807) is 30.8 Å². The highest BCUT2D eigenvalue weighted by molar-refractivity contribution is 6.22. The maximum atomic E-state index is 12.9. The second kappa shape index (κ2) is 5.84. The Labute approximate surface area is 137 Å². The summed E-state index contributed by atoms with van der Waals surface area (Å²) in [4.78, 5) is 30.9. The first kappa shape index (κ1) is 15.8. The minimum absolute atomic E-state index is 0.323. The molecule has 8 nitrogen and oxygen atoms in total. The average molecular weight is 331 g/mol. The van der Waals surface area contributed by atoms with Crippen molar-refractivity contribution in [3.05, 3.63) is 35.6 Å². The maximum absolute atomic E-state index is 12.9. The first-order valence-electron chi connectivity index (χ1n) is 7.18. The Kier molecular flexibility index (Phi) is 3.84. The standard InChI is InChI=1S/C15H15FN6O2/c1-20-11-12(21(2)15(24)22(3)13(11)23)18-14(20)19-17-8-9-4-6-10(16)7-5-9/h4-8,11H,1-3H3/p+1/b17-8+. The van der Waals surface area contributed by atoms with Crippen molar-refractivity contribution in [3.8, 4) is 0 Å². The van der Waals surface area contributed by atoms with Gasteiger partial charge in [0.25, 0.3) is 5.91 Å². The molecule has 3 amide bonds. The Hall–Kier alpha value is -3.10. The first-order chi connectivity index (χ1) is 11.4. The molecular weight excluding hydrogens is 315 g/mol. The minimum atomic E-state index is -0.666. The summed E-state index contributed by atoms with van der Waals surface area (Å²) in [6, 6.07) is 4.74. The van der Waals surface area contributed by atoms with E-state index in [1.165, 1.54) is 30.3 Å². The predicted molar refractivity (Wildman–Crippen MR) is 85.5 cm³/mol. The van der Waals surface area contributed by atoms with Gasteiger partial charge in [-0.3, -0.25) is 14.6 Å². The molecule has 1 saturated heterocycles. The number of amides is 3. The van der Waals surface area contributed by atoms with Gasteiger partial charge in [-0.1, -0.05) is 17.1 Å². The van der Waals surface area contributed by atoms with Crippen molar-refractivity contribution in [1.82, 2.24) is 15.2 Å². The summed E-state index contributed by atoms with van der Waals surface area (Å²) in [6.07, 6.45) is 1.51. The number of hydrazone groups is 1. The van der Waals surface area contributed by atoms with Gasteiger partial charge in [0.2, 0.25) is 11.9 Å². The third-order valence-electron chi connectivity index (χ3n) is 3.92. The van der Waals surface area contributed by atoms with E-state index in [2.05, 4.69) is 15.5 Å². The van der Waals surface area contributed by atoms with Gasteiger partial charge in [-0.05, 0) is 17.7 Å². The molecule has 1 aromatic rings. The number of guanidine groups is 1. The van der Waals surface area contributed by atoms with E-state index in [0.29, 0.717) is 17.4 Å². The highest BCUT2D eigenvalue weighted by Gasteiger charge is 2.50. The molecule has 0 aromatic heterocycles. The van der Waals surface area contributed by atoms with Crippen molar-refractivity contribution in [2.45, 2.75) is 6.04 Å². The van der Waals surface area contributed by atoms with Gasteiger partial charge in [0.1, 0.15) is 5.82 Å². The van der Waals surface area contributed by atoms with Crippen molar-refractivity contribution in [2.75, 3.05) is 21.1 Å². The lowest BCUT2D eigenvalue weighted by Crippen LogP contribution is -2.61. The molecular formula is C15H16FN6O2+. The number of hydrogen-bond donors (Lipinski definition) is 1. The van der Waals surface area contributed by atoms with E-state index in [0.717, 1.165) is 4.90 Å².